The van der Waals surface area contributed by atoms with E-state index in [-0.39, 0.29) is 5.91 Å². The minimum absolute atomic E-state index is 0.0847. The van der Waals surface area contributed by atoms with Crippen molar-refractivity contribution < 1.29 is 4.79 Å². The zero-order chi connectivity index (χ0) is 16.4. The summed E-state index contributed by atoms with van der Waals surface area (Å²) in [6, 6.07) is 2.19. The normalized spacial score (nSPS) is 22.0. The first-order valence-electron chi connectivity index (χ1n) is 8.87. The van der Waals surface area contributed by atoms with Gasteiger partial charge in [0.15, 0.2) is 10.8 Å². The van der Waals surface area contributed by atoms with Gasteiger partial charge in [0.2, 0.25) is 0 Å². The van der Waals surface area contributed by atoms with Gasteiger partial charge in [0.25, 0.3) is 5.91 Å². The van der Waals surface area contributed by atoms with Gasteiger partial charge in [-0.1, -0.05) is 19.3 Å². The summed E-state index contributed by atoms with van der Waals surface area (Å²) in [6.45, 7) is 0.870. The van der Waals surface area contributed by atoms with Crippen LogP contribution in [0.15, 0.2) is 23.8 Å². The highest BCUT2D eigenvalue weighted by molar-refractivity contribution is 7.13. The van der Waals surface area contributed by atoms with Crippen molar-refractivity contribution in [3.63, 3.8) is 0 Å². The molecule has 3 heterocycles. The van der Waals surface area contributed by atoms with Crippen LogP contribution in [0.5, 0.6) is 0 Å². The summed E-state index contributed by atoms with van der Waals surface area (Å²) in [5, 5.41) is 2.57. The lowest BCUT2D eigenvalue weighted by Gasteiger charge is -2.33. The molecule has 0 radical (unpaired) electrons. The second kappa shape index (κ2) is 6.97. The fraction of sp³-hybridized carbons (Fsp3) is 0.556. The van der Waals surface area contributed by atoms with Crippen LogP contribution in [0.3, 0.4) is 0 Å². The van der Waals surface area contributed by atoms with Crippen molar-refractivity contribution in [2.75, 3.05) is 6.54 Å². The van der Waals surface area contributed by atoms with Crippen molar-refractivity contribution in [2.45, 2.75) is 51.0 Å². The van der Waals surface area contributed by atoms with Crippen molar-refractivity contribution in [1.82, 2.24) is 19.9 Å². The number of hydrogen-bond acceptors (Lipinski definition) is 5. The predicted molar refractivity (Wildman–Crippen MR) is 93.8 cm³/mol. The average molecular weight is 342 g/mol. The van der Waals surface area contributed by atoms with E-state index in [1.807, 2.05) is 5.38 Å². The molecule has 0 N–H and O–H groups in total. The van der Waals surface area contributed by atoms with E-state index in [9.17, 15) is 4.79 Å². The number of rotatable bonds is 3. The standard InChI is InChI=1S/C18H22N4OS/c23-18(14-12-24-17(21-14)16-19-9-5-10-20-16)22-11-4-8-15(22)13-6-2-1-3-7-13/h5,9-10,12-13,15H,1-4,6-8,11H2. The van der Waals surface area contributed by atoms with Crippen LogP contribution in [0.25, 0.3) is 10.8 Å². The number of aromatic nitrogens is 3. The van der Waals surface area contributed by atoms with E-state index in [1.165, 1.54) is 43.4 Å². The van der Waals surface area contributed by atoms with Crippen LogP contribution in [0.4, 0.5) is 0 Å². The van der Waals surface area contributed by atoms with Crippen LogP contribution in [0.2, 0.25) is 0 Å². The molecule has 0 bridgehead atoms. The van der Waals surface area contributed by atoms with E-state index >= 15 is 0 Å². The minimum Gasteiger partial charge on any atom is -0.334 e. The van der Waals surface area contributed by atoms with Crippen LogP contribution < -0.4 is 0 Å². The van der Waals surface area contributed by atoms with Crippen molar-refractivity contribution in [1.29, 1.82) is 0 Å². The van der Waals surface area contributed by atoms with E-state index in [1.54, 1.807) is 18.5 Å². The Bertz CT molecular complexity index is 696. The molecule has 2 aromatic heterocycles. The van der Waals surface area contributed by atoms with Gasteiger partial charge in [-0.3, -0.25) is 4.79 Å². The summed E-state index contributed by atoms with van der Waals surface area (Å²) in [4.78, 5) is 28.0. The molecule has 5 nitrogen and oxygen atoms in total. The molecule has 0 spiro atoms. The number of nitrogens with zero attached hydrogens (tertiary/aromatic N) is 4. The molecular weight excluding hydrogens is 320 g/mol. The minimum atomic E-state index is 0.0847. The van der Waals surface area contributed by atoms with Crippen molar-refractivity contribution in [2.24, 2.45) is 5.92 Å². The Hall–Kier alpha value is -1.82. The topological polar surface area (TPSA) is 59.0 Å². The zero-order valence-electron chi connectivity index (χ0n) is 13.7. The zero-order valence-corrected chi connectivity index (χ0v) is 14.5. The first kappa shape index (κ1) is 15.7. The molecule has 2 aliphatic rings. The second-order valence-electron chi connectivity index (χ2n) is 6.72. The molecular formula is C18H22N4OS. The summed E-state index contributed by atoms with van der Waals surface area (Å²) in [6.07, 6.45) is 12.2. The number of carbonyl (C=O) groups excluding carboxylic acids is 1. The predicted octanol–water partition coefficient (Wildman–Crippen LogP) is 3.79. The fourth-order valence-corrected chi connectivity index (χ4v) is 4.82. The molecule has 1 atom stereocenters. The molecule has 6 heteroatoms. The van der Waals surface area contributed by atoms with Crippen LogP contribution >= 0.6 is 11.3 Å². The van der Waals surface area contributed by atoms with E-state index in [0.29, 0.717) is 28.5 Å². The SMILES string of the molecule is O=C(c1csc(-c2ncccn2)n1)N1CCCC1C1CCCCC1. The van der Waals surface area contributed by atoms with Gasteiger partial charge in [0.1, 0.15) is 5.69 Å². The Morgan fingerprint density at radius 1 is 1.08 bits per heavy atom. The van der Waals surface area contributed by atoms with Gasteiger partial charge in [-0.2, -0.15) is 0 Å². The Kier molecular flexibility index (Phi) is 4.56. The van der Waals surface area contributed by atoms with Gasteiger partial charge in [0, 0.05) is 30.4 Å². The molecule has 1 amide bonds. The molecule has 24 heavy (non-hydrogen) atoms. The molecule has 1 unspecified atom stereocenters. The lowest BCUT2D eigenvalue weighted by molar-refractivity contribution is 0.0656. The van der Waals surface area contributed by atoms with E-state index < -0.39 is 0 Å². The fourth-order valence-electron chi connectivity index (χ4n) is 4.09. The summed E-state index contributed by atoms with van der Waals surface area (Å²) < 4.78 is 0. The summed E-state index contributed by atoms with van der Waals surface area (Å²) in [7, 11) is 0. The summed E-state index contributed by atoms with van der Waals surface area (Å²) in [5.41, 5.74) is 0.546. The van der Waals surface area contributed by atoms with Crippen LogP contribution in [-0.2, 0) is 0 Å². The maximum atomic E-state index is 13.0. The smallest absolute Gasteiger partial charge is 0.273 e. The summed E-state index contributed by atoms with van der Waals surface area (Å²) >= 11 is 1.44. The van der Waals surface area contributed by atoms with Gasteiger partial charge in [-0.15, -0.1) is 11.3 Å². The van der Waals surface area contributed by atoms with Gasteiger partial charge in [-0.25, -0.2) is 15.0 Å². The summed E-state index contributed by atoms with van der Waals surface area (Å²) in [5.74, 6) is 1.36. The Balaban J connectivity index is 1.51. The Labute approximate surface area is 146 Å². The van der Waals surface area contributed by atoms with Crippen LogP contribution in [-0.4, -0.2) is 38.3 Å². The first-order chi connectivity index (χ1) is 11.8. The molecule has 1 saturated heterocycles. The van der Waals surface area contributed by atoms with E-state index in [4.69, 9.17) is 0 Å². The molecule has 126 valence electrons. The first-order valence-corrected chi connectivity index (χ1v) is 9.75. The van der Waals surface area contributed by atoms with Crippen molar-refractivity contribution in [3.05, 3.63) is 29.5 Å². The Morgan fingerprint density at radius 2 is 1.88 bits per heavy atom. The van der Waals surface area contributed by atoms with Crippen molar-refractivity contribution in [3.8, 4) is 10.8 Å². The van der Waals surface area contributed by atoms with Crippen LogP contribution in [0, 0.1) is 5.92 Å². The van der Waals surface area contributed by atoms with E-state index in [2.05, 4.69) is 19.9 Å². The molecule has 4 rings (SSSR count). The van der Waals surface area contributed by atoms with Gasteiger partial charge in [0.05, 0.1) is 0 Å². The second-order valence-corrected chi connectivity index (χ2v) is 7.57. The van der Waals surface area contributed by atoms with E-state index in [0.717, 1.165) is 19.4 Å². The highest BCUT2D eigenvalue weighted by Gasteiger charge is 2.36. The molecule has 1 aliphatic heterocycles. The third-order valence-electron chi connectivity index (χ3n) is 5.23. The quantitative estimate of drug-likeness (QED) is 0.851. The highest BCUT2D eigenvalue weighted by Crippen LogP contribution is 2.35. The molecule has 1 saturated carbocycles. The monoisotopic (exact) mass is 342 g/mol. The Morgan fingerprint density at radius 3 is 2.67 bits per heavy atom. The molecule has 0 aromatic carbocycles. The number of hydrogen-bond donors (Lipinski definition) is 0. The number of carbonyl (C=O) groups is 1. The molecule has 2 aromatic rings. The third kappa shape index (κ3) is 3.07. The van der Waals surface area contributed by atoms with Crippen LogP contribution in [0.1, 0.15) is 55.4 Å². The number of likely N-dealkylation sites (tertiary alicyclic amines) is 1. The number of thiazole rings is 1. The molecule has 1 aliphatic carbocycles. The van der Waals surface area contributed by atoms with Gasteiger partial charge >= 0.3 is 0 Å². The number of amides is 1. The lowest BCUT2D eigenvalue weighted by atomic mass is 9.83. The largest absolute Gasteiger partial charge is 0.334 e. The van der Waals surface area contributed by atoms with Gasteiger partial charge in [-0.05, 0) is 37.7 Å². The van der Waals surface area contributed by atoms with Crippen molar-refractivity contribution >= 4 is 17.2 Å². The average Bonchev–Trinajstić information content (AvgIpc) is 3.32. The maximum Gasteiger partial charge on any atom is 0.273 e. The highest BCUT2D eigenvalue weighted by atomic mass is 32.1. The third-order valence-corrected chi connectivity index (χ3v) is 6.07. The maximum absolute atomic E-state index is 13.0. The van der Waals surface area contributed by atoms with Gasteiger partial charge < -0.3 is 4.90 Å². The lowest BCUT2D eigenvalue weighted by Crippen LogP contribution is -2.40. The molecule has 2 fully saturated rings.